The molecule has 0 aromatic carbocycles. The predicted molar refractivity (Wildman–Crippen MR) is 36.0 cm³/mol. The smallest absolute Gasteiger partial charge is 0.332 e. The van der Waals surface area contributed by atoms with Crippen molar-refractivity contribution in [1.82, 2.24) is 0 Å². The summed E-state index contributed by atoms with van der Waals surface area (Å²) in [5.74, 6) is -1.02. The molecule has 64 valence electrons. The van der Waals surface area contributed by atoms with Crippen LogP contribution < -0.4 is 5.73 Å². The SMILES string of the molecule is NC1C[C@H](C(=O)O)OC1CO. The van der Waals surface area contributed by atoms with Gasteiger partial charge in [-0.1, -0.05) is 0 Å². The van der Waals surface area contributed by atoms with Gasteiger partial charge in [-0.15, -0.1) is 0 Å². The van der Waals surface area contributed by atoms with E-state index >= 15 is 0 Å². The van der Waals surface area contributed by atoms with Crippen molar-refractivity contribution in [2.24, 2.45) is 5.73 Å². The molecule has 0 aromatic rings. The van der Waals surface area contributed by atoms with Crippen LogP contribution in [0.1, 0.15) is 6.42 Å². The topological polar surface area (TPSA) is 92.8 Å². The normalized spacial score (nSPS) is 37.5. The lowest BCUT2D eigenvalue weighted by molar-refractivity contribution is -0.150. The van der Waals surface area contributed by atoms with Crippen LogP contribution in [0.25, 0.3) is 0 Å². The molecule has 0 radical (unpaired) electrons. The van der Waals surface area contributed by atoms with Gasteiger partial charge in [0, 0.05) is 12.5 Å². The van der Waals surface area contributed by atoms with Gasteiger partial charge in [0.15, 0.2) is 6.10 Å². The van der Waals surface area contributed by atoms with E-state index in [4.69, 9.17) is 20.7 Å². The maximum absolute atomic E-state index is 10.3. The van der Waals surface area contributed by atoms with Crippen LogP contribution in [0.15, 0.2) is 0 Å². The summed E-state index contributed by atoms with van der Waals surface area (Å²) in [6, 6.07) is -0.360. The van der Waals surface area contributed by atoms with E-state index in [0.29, 0.717) is 0 Å². The second-order valence-electron chi connectivity index (χ2n) is 2.58. The number of rotatable bonds is 2. The summed E-state index contributed by atoms with van der Waals surface area (Å²) in [5.41, 5.74) is 5.47. The number of carboxylic acid groups (broad SMARTS) is 1. The first-order chi connectivity index (χ1) is 5.15. The standard InChI is InChI=1S/C6H11NO4/c7-3-1-4(6(9)10)11-5(3)2-8/h3-5,8H,1-2,7H2,(H,9,10)/t3?,4-,5?/m1/s1. The largest absolute Gasteiger partial charge is 0.479 e. The first-order valence-corrected chi connectivity index (χ1v) is 3.40. The van der Waals surface area contributed by atoms with E-state index in [1.54, 1.807) is 0 Å². The third kappa shape index (κ3) is 1.68. The van der Waals surface area contributed by atoms with Crippen molar-refractivity contribution in [1.29, 1.82) is 0 Å². The average molecular weight is 161 g/mol. The van der Waals surface area contributed by atoms with Crippen molar-refractivity contribution < 1.29 is 19.7 Å². The van der Waals surface area contributed by atoms with Crippen LogP contribution in [0, 0.1) is 0 Å². The first kappa shape index (κ1) is 8.45. The van der Waals surface area contributed by atoms with E-state index in [9.17, 15) is 4.79 Å². The van der Waals surface area contributed by atoms with Crippen LogP contribution in [0.4, 0.5) is 0 Å². The van der Waals surface area contributed by atoms with E-state index in [-0.39, 0.29) is 19.1 Å². The van der Waals surface area contributed by atoms with E-state index < -0.39 is 18.2 Å². The van der Waals surface area contributed by atoms with E-state index in [1.165, 1.54) is 0 Å². The highest BCUT2D eigenvalue weighted by molar-refractivity contribution is 5.72. The molecule has 1 aliphatic heterocycles. The summed E-state index contributed by atoms with van der Waals surface area (Å²) in [5, 5.41) is 17.1. The van der Waals surface area contributed by atoms with Crippen molar-refractivity contribution in [3.8, 4) is 0 Å². The Bertz CT molecular complexity index is 161. The molecular formula is C6H11NO4. The average Bonchev–Trinajstić information content (AvgIpc) is 2.31. The summed E-state index contributed by atoms with van der Waals surface area (Å²) >= 11 is 0. The monoisotopic (exact) mass is 161 g/mol. The van der Waals surface area contributed by atoms with E-state index in [1.807, 2.05) is 0 Å². The molecule has 0 saturated carbocycles. The zero-order valence-electron chi connectivity index (χ0n) is 5.93. The Morgan fingerprint density at radius 1 is 1.73 bits per heavy atom. The van der Waals surface area contributed by atoms with Crippen LogP contribution in [0.2, 0.25) is 0 Å². The summed E-state index contributed by atoms with van der Waals surface area (Å²) in [7, 11) is 0. The van der Waals surface area contributed by atoms with Crippen LogP contribution in [0.5, 0.6) is 0 Å². The quantitative estimate of drug-likeness (QED) is 0.460. The van der Waals surface area contributed by atoms with Gasteiger partial charge in [-0.3, -0.25) is 0 Å². The van der Waals surface area contributed by atoms with Gasteiger partial charge in [0.2, 0.25) is 0 Å². The van der Waals surface area contributed by atoms with E-state index in [0.717, 1.165) is 0 Å². The summed E-state index contributed by atoms with van der Waals surface area (Å²) in [6.07, 6.45) is -1.08. The second kappa shape index (κ2) is 3.17. The van der Waals surface area contributed by atoms with E-state index in [2.05, 4.69) is 0 Å². The number of aliphatic hydroxyl groups is 1. The van der Waals surface area contributed by atoms with Crippen LogP contribution >= 0.6 is 0 Å². The molecule has 1 aliphatic rings. The highest BCUT2D eigenvalue weighted by Gasteiger charge is 2.36. The van der Waals surface area contributed by atoms with Gasteiger partial charge in [0.05, 0.1) is 12.7 Å². The Kier molecular flexibility index (Phi) is 2.43. The Balaban J connectivity index is 2.49. The fourth-order valence-electron chi connectivity index (χ4n) is 1.10. The minimum Gasteiger partial charge on any atom is -0.479 e. The fraction of sp³-hybridized carbons (Fsp3) is 0.833. The molecule has 0 spiro atoms. The molecular weight excluding hydrogens is 150 g/mol. The minimum atomic E-state index is -1.02. The van der Waals surface area contributed by atoms with Crippen molar-refractivity contribution in [2.75, 3.05) is 6.61 Å². The van der Waals surface area contributed by atoms with Gasteiger partial charge < -0.3 is 20.7 Å². The summed E-state index contributed by atoms with van der Waals surface area (Å²) in [6.45, 7) is -0.217. The number of aliphatic carboxylic acids is 1. The zero-order chi connectivity index (χ0) is 8.43. The molecule has 11 heavy (non-hydrogen) atoms. The lowest BCUT2D eigenvalue weighted by atomic mass is 10.1. The van der Waals surface area contributed by atoms with Crippen LogP contribution in [-0.2, 0) is 9.53 Å². The number of nitrogens with two attached hydrogens (primary N) is 1. The van der Waals surface area contributed by atoms with Gasteiger partial charge in [-0.2, -0.15) is 0 Å². The minimum absolute atomic E-state index is 0.217. The second-order valence-corrected chi connectivity index (χ2v) is 2.58. The van der Waals surface area contributed by atoms with Crippen LogP contribution in [0.3, 0.4) is 0 Å². The van der Waals surface area contributed by atoms with Crippen molar-refractivity contribution >= 4 is 5.97 Å². The molecule has 1 saturated heterocycles. The molecule has 2 unspecified atom stereocenters. The molecule has 5 nitrogen and oxygen atoms in total. The number of aliphatic hydroxyl groups excluding tert-OH is 1. The predicted octanol–water partition coefficient (Wildman–Crippen LogP) is -1.45. The van der Waals surface area contributed by atoms with Gasteiger partial charge in [0.1, 0.15) is 0 Å². The lowest BCUT2D eigenvalue weighted by Gasteiger charge is -2.09. The first-order valence-electron chi connectivity index (χ1n) is 3.40. The summed E-state index contributed by atoms with van der Waals surface area (Å²) < 4.78 is 4.91. The Morgan fingerprint density at radius 2 is 2.36 bits per heavy atom. The lowest BCUT2D eigenvalue weighted by Crippen LogP contribution is -2.32. The number of carboxylic acids is 1. The number of hydrogen-bond donors (Lipinski definition) is 3. The third-order valence-electron chi connectivity index (χ3n) is 1.76. The molecule has 1 fully saturated rings. The van der Waals surface area contributed by atoms with Gasteiger partial charge in [0.25, 0.3) is 0 Å². The highest BCUT2D eigenvalue weighted by Crippen LogP contribution is 2.18. The maximum atomic E-state index is 10.3. The molecule has 0 amide bonds. The molecule has 0 aliphatic carbocycles. The third-order valence-corrected chi connectivity index (χ3v) is 1.76. The van der Waals surface area contributed by atoms with Crippen molar-refractivity contribution in [2.45, 2.75) is 24.7 Å². The fourth-order valence-corrected chi connectivity index (χ4v) is 1.10. The maximum Gasteiger partial charge on any atom is 0.332 e. The number of ether oxygens (including phenoxy) is 1. The molecule has 1 rings (SSSR count). The zero-order valence-corrected chi connectivity index (χ0v) is 5.93. The molecule has 0 aromatic heterocycles. The highest BCUT2D eigenvalue weighted by atomic mass is 16.5. The number of carbonyl (C=O) groups is 1. The van der Waals surface area contributed by atoms with Crippen LogP contribution in [-0.4, -0.2) is 41.0 Å². The van der Waals surface area contributed by atoms with Crippen molar-refractivity contribution in [3.63, 3.8) is 0 Å². The Hall–Kier alpha value is -0.650. The molecule has 1 heterocycles. The Labute approximate surface area is 63.8 Å². The van der Waals surface area contributed by atoms with Gasteiger partial charge in [-0.25, -0.2) is 4.79 Å². The molecule has 5 heteroatoms. The molecule has 4 N–H and O–H groups in total. The number of hydrogen-bond acceptors (Lipinski definition) is 4. The van der Waals surface area contributed by atoms with Crippen molar-refractivity contribution in [3.05, 3.63) is 0 Å². The summed E-state index contributed by atoms with van der Waals surface area (Å²) in [4.78, 5) is 10.3. The van der Waals surface area contributed by atoms with Gasteiger partial charge in [-0.05, 0) is 0 Å². The Morgan fingerprint density at radius 3 is 2.64 bits per heavy atom. The molecule has 3 atom stereocenters. The molecule has 0 bridgehead atoms. The van der Waals surface area contributed by atoms with Gasteiger partial charge >= 0.3 is 5.97 Å².